The lowest BCUT2D eigenvalue weighted by Gasteiger charge is -2.03. The lowest BCUT2D eigenvalue weighted by Crippen LogP contribution is -2.13. The first kappa shape index (κ1) is 13.3. The number of aryl methyl sites for hydroxylation is 1. The quantitative estimate of drug-likeness (QED) is 0.941. The minimum absolute atomic E-state index is 0.971. The molecule has 0 unspecified atom stereocenters. The van der Waals surface area contributed by atoms with Crippen LogP contribution in [0.1, 0.15) is 11.3 Å². The van der Waals surface area contributed by atoms with E-state index in [1.54, 1.807) is 0 Å². The number of rotatable bonds is 4. The van der Waals surface area contributed by atoms with Gasteiger partial charge in [-0.3, -0.25) is 4.68 Å². The molecular weight excluding hydrogens is 290 g/mol. The molecule has 0 amide bonds. The number of likely N-dealkylation sites (N-methyl/N-ethyl adjacent to an activating group) is 1. The van der Waals surface area contributed by atoms with Crippen LogP contribution >= 0.6 is 15.9 Å². The smallest absolute Gasteiger partial charge is 0.0955 e. The molecule has 1 aromatic carbocycles. The second-order valence-corrected chi connectivity index (χ2v) is 5.32. The highest BCUT2D eigenvalue weighted by Gasteiger charge is 2.13. The summed E-state index contributed by atoms with van der Waals surface area (Å²) in [4.78, 5) is 0. The van der Waals surface area contributed by atoms with Crippen LogP contribution in [0.5, 0.6) is 0 Å². The average Bonchev–Trinajstić information content (AvgIpc) is 2.63. The maximum absolute atomic E-state index is 4.64. The molecule has 0 aliphatic heterocycles. The van der Waals surface area contributed by atoms with Crippen molar-refractivity contribution in [2.75, 3.05) is 13.6 Å². The highest BCUT2D eigenvalue weighted by Crippen LogP contribution is 2.26. The van der Waals surface area contributed by atoms with Crippen molar-refractivity contribution in [1.29, 1.82) is 0 Å². The third kappa shape index (κ3) is 2.65. The minimum atomic E-state index is 0.971. The van der Waals surface area contributed by atoms with Gasteiger partial charge in [-0.25, -0.2) is 0 Å². The predicted molar refractivity (Wildman–Crippen MR) is 78.7 cm³/mol. The zero-order chi connectivity index (χ0) is 13.1. The molecule has 3 nitrogen and oxygen atoms in total. The molecule has 0 saturated carbocycles. The van der Waals surface area contributed by atoms with E-state index in [4.69, 9.17) is 0 Å². The Morgan fingerprint density at radius 3 is 2.83 bits per heavy atom. The van der Waals surface area contributed by atoms with Crippen LogP contribution < -0.4 is 5.32 Å². The van der Waals surface area contributed by atoms with Crippen LogP contribution in [0.15, 0.2) is 28.7 Å². The first-order valence-electron chi connectivity index (χ1n) is 6.06. The van der Waals surface area contributed by atoms with Gasteiger partial charge in [0, 0.05) is 35.7 Å². The lowest BCUT2D eigenvalue weighted by molar-refractivity contribution is 0.680. The molecule has 1 heterocycles. The number of hydrogen-bond acceptors (Lipinski definition) is 2. The molecule has 96 valence electrons. The van der Waals surface area contributed by atoms with Crippen molar-refractivity contribution >= 4 is 15.9 Å². The Bertz CT molecular complexity index is 546. The van der Waals surface area contributed by atoms with E-state index in [2.05, 4.69) is 45.4 Å². The second-order valence-electron chi connectivity index (χ2n) is 4.41. The van der Waals surface area contributed by atoms with Crippen molar-refractivity contribution in [2.24, 2.45) is 7.05 Å². The fourth-order valence-corrected chi connectivity index (χ4v) is 2.57. The predicted octanol–water partition coefficient (Wildman–Crippen LogP) is 2.92. The van der Waals surface area contributed by atoms with Crippen molar-refractivity contribution in [3.63, 3.8) is 0 Å². The van der Waals surface area contributed by atoms with Crippen LogP contribution in [0.25, 0.3) is 11.3 Å². The monoisotopic (exact) mass is 307 g/mol. The molecule has 1 aromatic heterocycles. The van der Waals surface area contributed by atoms with Gasteiger partial charge in [0.05, 0.1) is 5.69 Å². The molecule has 0 aliphatic rings. The Morgan fingerprint density at radius 1 is 1.39 bits per heavy atom. The summed E-state index contributed by atoms with van der Waals surface area (Å²) in [6.07, 6.45) is 1.000. The van der Waals surface area contributed by atoms with E-state index in [0.717, 1.165) is 28.7 Å². The Balaban J connectivity index is 2.40. The van der Waals surface area contributed by atoms with Crippen LogP contribution in [-0.4, -0.2) is 23.4 Å². The van der Waals surface area contributed by atoms with Crippen LogP contribution in [0.4, 0.5) is 0 Å². The van der Waals surface area contributed by atoms with Gasteiger partial charge in [-0.05, 0) is 31.7 Å². The van der Waals surface area contributed by atoms with Gasteiger partial charge in [-0.2, -0.15) is 5.10 Å². The molecule has 1 N–H and O–H groups in total. The molecule has 0 atom stereocenters. The SMILES string of the molecule is CNCCc1c(C)c(-c2cccc(Br)c2)nn1C. The maximum Gasteiger partial charge on any atom is 0.0955 e. The minimum Gasteiger partial charge on any atom is -0.319 e. The van der Waals surface area contributed by atoms with Gasteiger partial charge in [-0.1, -0.05) is 28.1 Å². The van der Waals surface area contributed by atoms with Gasteiger partial charge in [0.15, 0.2) is 0 Å². The molecule has 0 saturated heterocycles. The highest BCUT2D eigenvalue weighted by atomic mass is 79.9. The van der Waals surface area contributed by atoms with Crippen LogP contribution in [0.2, 0.25) is 0 Å². The molecule has 2 rings (SSSR count). The van der Waals surface area contributed by atoms with E-state index in [1.165, 1.54) is 11.3 Å². The molecule has 2 aromatic rings. The van der Waals surface area contributed by atoms with Crippen molar-refractivity contribution in [3.05, 3.63) is 40.0 Å². The summed E-state index contributed by atoms with van der Waals surface area (Å²) in [7, 11) is 3.99. The Hall–Kier alpha value is -1.13. The van der Waals surface area contributed by atoms with E-state index >= 15 is 0 Å². The van der Waals surface area contributed by atoms with E-state index in [9.17, 15) is 0 Å². The Kier molecular flexibility index (Phi) is 4.19. The van der Waals surface area contributed by atoms with E-state index < -0.39 is 0 Å². The van der Waals surface area contributed by atoms with Gasteiger partial charge >= 0.3 is 0 Å². The molecule has 0 spiro atoms. The summed E-state index contributed by atoms with van der Waals surface area (Å²) >= 11 is 3.51. The zero-order valence-corrected chi connectivity index (χ0v) is 12.6. The van der Waals surface area contributed by atoms with Gasteiger partial charge in [0.2, 0.25) is 0 Å². The van der Waals surface area contributed by atoms with Crippen molar-refractivity contribution in [1.82, 2.24) is 15.1 Å². The summed E-state index contributed by atoms with van der Waals surface area (Å²) in [6.45, 7) is 3.12. The van der Waals surface area contributed by atoms with Crippen LogP contribution in [0, 0.1) is 6.92 Å². The van der Waals surface area contributed by atoms with Gasteiger partial charge in [0.1, 0.15) is 0 Å². The normalized spacial score (nSPS) is 10.9. The number of benzene rings is 1. The zero-order valence-electron chi connectivity index (χ0n) is 11.0. The van der Waals surface area contributed by atoms with Gasteiger partial charge in [0.25, 0.3) is 0 Å². The second kappa shape index (κ2) is 5.67. The Morgan fingerprint density at radius 2 is 2.17 bits per heavy atom. The lowest BCUT2D eigenvalue weighted by atomic mass is 10.1. The Labute approximate surface area is 116 Å². The molecular formula is C14H18BrN3. The standard InChI is InChI=1S/C14H18BrN3/c1-10-13(7-8-16-2)18(3)17-14(10)11-5-4-6-12(15)9-11/h4-6,9,16H,7-8H2,1-3H3. The van der Waals surface area contributed by atoms with Crippen molar-refractivity contribution < 1.29 is 0 Å². The largest absolute Gasteiger partial charge is 0.319 e. The van der Waals surface area contributed by atoms with Crippen molar-refractivity contribution in [2.45, 2.75) is 13.3 Å². The summed E-state index contributed by atoms with van der Waals surface area (Å²) in [5.74, 6) is 0. The van der Waals surface area contributed by atoms with E-state index in [0.29, 0.717) is 0 Å². The van der Waals surface area contributed by atoms with Gasteiger partial charge in [-0.15, -0.1) is 0 Å². The van der Waals surface area contributed by atoms with Crippen LogP contribution in [-0.2, 0) is 13.5 Å². The summed E-state index contributed by atoms with van der Waals surface area (Å²) < 4.78 is 3.07. The first-order chi connectivity index (χ1) is 8.63. The number of nitrogens with one attached hydrogen (secondary N) is 1. The third-order valence-electron chi connectivity index (χ3n) is 3.14. The number of halogens is 1. The van der Waals surface area contributed by atoms with Gasteiger partial charge < -0.3 is 5.32 Å². The molecule has 0 bridgehead atoms. The average molecular weight is 308 g/mol. The van der Waals surface area contributed by atoms with Crippen molar-refractivity contribution in [3.8, 4) is 11.3 Å². The van der Waals surface area contributed by atoms with E-state index in [1.807, 2.05) is 30.9 Å². The topological polar surface area (TPSA) is 29.9 Å². The summed E-state index contributed by atoms with van der Waals surface area (Å²) in [5.41, 5.74) is 4.79. The molecule has 0 fully saturated rings. The van der Waals surface area contributed by atoms with E-state index in [-0.39, 0.29) is 0 Å². The number of hydrogen-bond donors (Lipinski definition) is 1. The maximum atomic E-state index is 4.64. The summed E-state index contributed by atoms with van der Waals surface area (Å²) in [6, 6.07) is 8.28. The number of nitrogens with zero attached hydrogens (tertiary/aromatic N) is 2. The fourth-order valence-electron chi connectivity index (χ4n) is 2.17. The fraction of sp³-hybridized carbons (Fsp3) is 0.357. The third-order valence-corrected chi connectivity index (χ3v) is 3.63. The molecule has 0 aliphatic carbocycles. The molecule has 18 heavy (non-hydrogen) atoms. The summed E-state index contributed by atoms with van der Waals surface area (Å²) in [5, 5.41) is 7.82. The van der Waals surface area contributed by atoms with Crippen LogP contribution in [0.3, 0.4) is 0 Å². The first-order valence-corrected chi connectivity index (χ1v) is 6.85. The molecule has 4 heteroatoms. The number of aromatic nitrogens is 2. The highest BCUT2D eigenvalue weighted by molar-refractivity contribution is 9.10. The molecule has 0 radical (unpaired) electrons.